The van der Waals surface area contributed by atoms with E-state index in [0.717, 1.165) is 46.6 Å². The van der Waals surface area contributed by atoms with Crippen LogP contribution < -0.4 is 17.0 Å². The molecule has 2 aliphatic rings. The van der Waals surface area contributed by atoms with E-state index in [0.29, 0.717) is 28.9 Å². The Balaban J connectivity index is 0.000000281. The molecule has 4 aromatic carbocycles. The van der Waals surface area contributed by atoms with Crippen molar-refractivity contribution >= 4 is 34.7 Å². The molecule has 0 saturated carbocycles. The van der Waals surface area contributed by atoms with E-state index >= 15 is 0 Å². The minimum absolute atomic E-state index is 0. The zero-order chi connectivity index (χ0) is 42.1. The number of ether oxygens (including phenoxy) is 6. The van der Waals surface area contributed by atoms with E-state index in [-0.39, 0.29) is 52.6 Å². The number of nitrogens with one attached hydrogen (secondary N) is 2. The van der Waals surface area contributed by atoms with Crippen molar-refractivity contribution in [2.75, 3.05) is 41.7 Å². The van der Waals surface area contributed by atoms with Gasteiger partial charge in [0.05, 0.1) is 17.2 Å². The Bertz CT molecular complexity index is 1940. The molecule has 0 bridgehead atoms. The average Bonchev–Trinajstić information content (AvgIpc) is 4.04. The Morgan fingerprint density at radius 3 is 1.44 bits per heavy atom. The third-order valence-electron chi connectivity index (χ3n) is 9.15. The summed E-state index contributed by atoms with van der Waals surface area (Å²) in [5.41, 5.74) is 5.79. The monoisotopic (exact) mass is 930 g/mol. The summed E-state index contributed by atoms with van der Waals surface area (Å²) < 4.78 is 31.2. The van der Waals surface area contributed by atoms with Gasteiger partial charge in [-0.1, -0.05) is 72.3 Å². The van der Waals surface area contributed by atoms with Gasteiger partial charge in [0.15, 0.2) is 12.6 Å². The molecule has 2 N–H and O–H groups in total. The first kappa shape index (κ1) is 53.5. The minimum atomic E-state index is -0.360. The van der Waals surface area contributed by atoms with Crippen LogP contribution in [0.3, 0.4) is 0 Å². The number of aromatic nitrogens is 8. The summed E-state index contributed by atoms with van der Waals surface area (Å²) in [5.74, 6) is 1.09. The predicted octanol–water partition coefficient (Wildman–Crippen LogP) is 5.90. The van der Waals surface area contributed by atoms with Crippen molar-refractivity contribution in [3.05, 3.63) is 119 Å². The quantitative estimate of drug-likeness (QED) is 0.101. The van der Waals surface area contributed by atoms with Crippen molar-refractivity contribution < 1.29 is 45.4 Å². The van der Waals surface area contributed by atoms with Gasteiger partial charge in [-0.25, -0.2) is 0 Å². The molecule has 17 heteroatoms. The smallest absolute Gasteiger partial charge is 1.00 e. The largest absolute Gasteiger partial charge is 2.00 e. The molecule has 0 radical (unpaired) electrons. The van der Waals surface area contributed by atoms with Gasteiger partial charge in [0.1, 0.15) is 0 Å². The van der Waals surface area contributed by atoms with Gasteiger partial charge in [-0.15, -0.1) is 26.0 Å². The van der Waals surface area contributed by atoms with E-state index in [1.165, 1.54) is 38.5 Å². The molecule has 2 fully saturated rings. The Kier molecular flexibility index (Phi) is 27.3. The molecule has 2 atom stereocenters. The van der Waals surface area contributed by atoms with E-state index in [4.69, 9.17) is 40.0 Å². The van der Waals surface area contributed by atoms with Crippen molar-refractivity contribution in [1.29, 1.82) is 0 Å². The zero-order valence-electron chi connectivity index (χ0n) is 35.8. The Hall–Kier alpha value is -3.68. The maximum Gasteiger partial charge on any atom is 2.00 e. The van der Waals surface area contributed by atoms with Gasteiger partial charge in [0.2, 0.25) is 11.6 Å². The molecule has 2 unspecified atom stereocenters. The van der Waals surface area contributed by atoms with Crippen LogP contribution in [0.5, 0.6) is 0 Å². The molecule has 0 amide bonds. The topological polar surface area (TPSA) is 164 Å². The number of hydrogen-bond donors (Lipinski definition) is 2. The molecule has 2 aromatic heterocycles. The van der Waals surface area contributed by atoms with Crippen molar-refractivity contribution in [3.63, 3.8) is 0 Å². The summed E-state index contributed by atoms with van der Waals surface area (Å²) in [4.78, 5) is 0. The van der Waals surface area contributed by atoms with Crippen LogP contribution in [0.4, 0.5) is 0 Å². The molecule has 14 nitrogen and oxygen atoms in total. The van der Waals surface area contributed by atoms with Gasteiger partial charge in [-0.05, 0) is 86.1 Å². The van der Waals surface area contributed by atoms with E-state index < -0.39 is 0 Å². The molecule has 324 valence electrons. The Labute approximate surface area is 391 Å². The van der Waals surface area contributed by atoms with Crippen LogP contribution in [0.1, 0.15) is 76.1 Å². The number of aromatic amines is 2. The summed E-state index contributed by atoms with van der Waals surface area (Å²) in [5, 5.41) is 28.3. The van der Waals surface area contributed by atoms with Gasteiger partial charge < -0.3 is 45.4 Å². The van der Waals surface area contributed by atoms with Crippen LogP contribution in [-0.2, 0) is 28.4 Å². The third kappa shape index (κ3) is 18.7. The van der Waals surface area contributed by atoms with Crippen LogP contribution in [0, 0.1) is 6.07 Å². The molecule has 0 aliphatic carbocycles. The van der Waals surface area contributed by atoms with Crippen molar-refractivity contribution in [3.8, 4) is 33.9 Å². The number of nitrogens with zero attached hydrogens (tertiary/aromatic N) is 6. The van der Waals surface area contributed by atoms with Crippen molar-refractivity contribution in [2.24, 2.45) is 0 Å². The van der Waals surface area contributed by atoms with E-state index in [2.05, 4.69) is 61.2 Å². The molecule has 8 rings (SSSR count). The number of H-pyrrole nitrogens is 2. The second kappa shape index (κ2) is 31.2. The normalized spacial score (nSPS) is 15.4. The predicted molar refractivity (Wildman–Crippen MR) is 233 cm³/mol. The van der Waals surface area contributed by atoms with Gasteiger partial charge in [-0.3, -0.25) is 0 Å². The van der Waals surface area contributed by atoms with Crippen LogP contribution in [0.2, 0.25) is 5.02 Å². The van der Waals surface area contributed by atoms with Crippen LogP contribution >= 0.6 is 11.6 Å². The molecular formula is C44H56BrClMgN8O6. The number of rotatable bonds is 9. The van der Waals surface area contributed by atoms with Gasteiger partial charge in [-0.2, -0.15) is 40.8 Å². The Morgan fingerprint density at radius 2 is 1.05 bits per heavy atom. The second-order valence-electron chi connectivity index (χ2n) is 13.4. The molecular weight excluding hydrogens is 876 g/mol. The zero-order valence-corrected chi connectivity index (χ0v) is 39.6. The Morgan fingerprint density at radius 1 is 0.607 bits per heavy atom. The fourth-order valence-electron chi connectivity index (χ4n) is 6.04. The first-order chi connectivity index (χ1) is 28.9. The molecule has 2 aliphatic heterocycles. The number of halogens is 2. The molecule has 2 saturated heterocycles. The SMILES string of the molecule is CC1CCCCO1.CC1CCCCO1.COC(OC)c1cc[c-]cc1.COC(OC)c1ccc(-c2ccccc2-c2nn[nH]n2)cc1.Clc1ccccc1-c1nn[nH]n1.[Br-].[Mg+2]. The van der Waals surface area contributed by atoms with Crippen LogP contribution in [-0.4, -0.2) is 118 Å². The average molecular weight is 933 g/mol. The summed E-state index contributed by atoms with van der Waals surface area (Å²) in [6, 6.07) is 33.7. The maximum absolute atomic E-state index is 5.89. The van der Waals surface area contributed by atoms with E-state index in [1.807, 2.05) is 91.0 Å². The summed E-state index contributed by atoms with van der Waals surface area (Å²) in [7, 11) is 6.47. The number of methoxy groups -OCH3 is 4. The van der Waals surface area contributed by atoms with Crippen molar-refractivity contribution in [2.45, 2.75) is 77.2 Å². The third-order valence-corrected chi connectivity index (χ3v) is 9.48. The first-order valence-corrected chi connectivity index (χ1v) is 20.0. The van der Waals surface area contributed by atoms with Gasteiger partial charge in [0.25, 0.3) is 0 Å². The fraction of sp³-hybridized carbons (Fsp3) is 0.409. The number of benzene rings is 4. The minimum Gasteiger partial charge on any atom is -1.00 e. The standard InChI is InChI=1S/C16H16N4O2.C9H11O2.C7H5ClN4.2C6H12O.BrH.Mg/c1-21-16(22-2)12-9-7-11(8-10-12)13-5-3-4-6-14(13)15-17-19-20-18-15;1-10-9(11-2)8-6-4-3-5-7-8;8-6-4-2-1-3-5(6)7-9-11-12-10-7;2*1-6-4-2-3-5-7-6;;/h3-10,16H,1-2H3,(H,17,18,19,20);4-7,9H,1-2H3;1-4H,(H,9,10,11,12);2*6H,2-5H2,1H3;1H;/q;-1;;;;;+2/p-1. The number of tetrazole rings is 2. The fourth-order valence-corrected chi connectivity index (χ4v) is 6.26. The molecule has 61 heavy (non-hydrogen) atoms. The van der Waals surface area contributed by atoms with Crippen LogP contribution in [0.15, 0.2) is 97.1 Å². The van der Waals surface area contributed by atoms with E-state index in [9.17, 15) is 0 Å². The van der Waals surface area contributed by atoms with Gasteiger partial charge in [0, 0.05) is 58.3 Å². The summed E-state index contributed by atoms with van der Waals surface area (Å²) in [6.07, 6.45) is 8.24. The van der Waals surface area contributed by atoms with Gasteiger partial charge >= 0.3 is 23.1 Å². The van der Waals surface area contributed by atoms with Crippen molar-refractivity contribution in [1.82, 2.24) is 41.2 Å². The summed E-state index contributed by atoms with van der Waals surface area (Å²) in [6.45, 7) is 6.25. The molecule has 0 spiro atoms. The summed E-state index contributed by atoms with van der Waals surface area (Å²) >= 11 is 5.89. The number of hydrogen-bond acceptors (Lipinski definition) is 12. The maximum atomic E-state index is 5.89. The first-order valence-electron chi connectivity index (χ1n) is 19.6. The second-order valence-corrected chi connectivity index (χ2v) is 13.8. The molecule has 4 heterocycles. The molecule has 6 aromatic rings. The van der Waals surface area contributed by atoms with E-state index in [1.54, 1.807) is 34.5 Å². The van der Waals surface area contributed by atoms with Crippen LogP contribution in [0.25, 0.3) is 33.9 Å².